The van der Waals surface area contributed by atoms with Crippen LogP contribution in [0.1, 0.15) is 66.2 Å². The Hall–Kier alpha value is 0.430. The summed E-state index contributed by atoms with van der Waals surface area (Å²) in [4.78, 5) is 0. The maximum atomic E-state index is 3.12. The molecule has 0 nitrogen and oxygen atoms in total. The normalized spacial score (nSPS) is 50.3. The second kappa shape index (κ2) is 5.20. The van der Waals surface area contributed by atoms with E-state index in [4.69, 9.17) is 0 Å². The van der Waals surface area contributed by atoms with E-state index in [2.05, 4.69) is 36.9 Å². The van der Waals surface area contributed by atoms with Gasteiger partial charge in [0.25, 0.3) is 0 Å². The predicted octanol–water partition coefficient (Wildman–Crippen LogP) is 5.13. The summed E-state index contributed by atoms with van der Waals surface area (Å²) in [6.07, 6.45) is 8.62. The maximum absolute atomic E-state index is 3.12. The monoisotopic (exact) mass is 254 g/mol. The third-order valence-corrected chi connectivity index (χ3v) is 6.77. The van der Waals surface area contributed by atoms with Crippen molar-refractivity contribution in [3.8, 4) is 0 Å². The van der Waals surface area contributed by atoms with Crippen molar-refractivity contribution in [3.05, 3.63) is 0 Å². The van der Waals surface area contributed by atoms with Gasteiger partial charge in [0.05, 0.1) is 0 Å². The van der Waals surface area contributed by atoms with Gasteiger partial charge in [-0.25, -0.2) is 0 Å². The first-order valence-corrected chi connectivity index (χ1v) is 8.45. The van der Waals surface area contributed by atoms with Crippen LogP contribution in [0.5, 0.6) is 0 Å². The third-order valence-electron chi connectivity index (χ3n) is 6.17. The summed E-state index contributed by atoms with van der Waals surface area (Å²) in [6, 6.07) is 0. The van der Waals surface area contributed by atoms with Crippen molar-refractivity contribution in [3.63, 3.8) is 0 Å². The average molecular weight is 254 g/mol. The molecule has 0 bridgehead atoms. The van der Waals surface area contributed by atoms with Gasteiger partial charge in [0.15, 0.2) is 0 Å². The van der Waals surface area contributed by atoms with Gasteiger partial charge in [0.1, 0.15) is 0 Å². The summed E-state index contributed by atoms with van der Waals surface area (Å²) in [5, 5.41) is 0. The van der Waals surface area contributed by atoms with Gasteiger partial charge in [0, 0.05) is 0 Å². The molecule has 7 unspecified atom stereocenters. The van der Waals surface area contributed by atoms with Crippen molar-refractivity contribution in [1.29, 1.82) is 0 Å². The molecule has 2 rings (SSSR count). The van der Waals surface area contributed by atoms with Crippen LogP contribution in [0.4, 0.5) is 0 Å². The Morgan fingerprint density at radius 2 is 2.00 bits per heavy atom. The Morgan fingerprint density at radius 3 is 2.59 bits per heavy atom. The quantitative estimate of drug-likeness (QED) is 0.613. The van der Waals surface area contributed by atoms with E-state index in [0.717, 1.165) is 29.3 Å². The standard InChI is InChI=1S/C16H31P/c1-5-7-13-11(3)14-10-12(17)8-9-16(4,6-2)15(13)14/h11-15H,5-10,17H2,1-4H3. The first-order valence-electron chi connectivity index (χ1n) is 7.79. The molecule has 0 N–H and O–H groups in total. The average Bonchev–Trinajstić information content (AvgIpc) is 2.44. The van der Waals surface area contributed by atoms with E-state index in [1.165, 1.54) is 38.5 Å². The number of rotatable bonds is 3. The minimum absolute atomic E-state index is 0.641. The highest BCUT2D eigenvalue weighted by atomic mass is 31.0. The van der Waals surface area contributed by atoms with Gasteiger partial charge in [-0.2, -0.15) is 0 Å². The van der Waals surface area contributed by atoms with Gasteiger partial charge in [-0.3, -0.25) is 0 Å². The van der Waals surface area contributed by atoms with Crippen molar-refractivity contribution in [2.75, 3.05) is 0 Å². The van der Waals surface area contributed by atoms with Crippen LogP contribution in [0.2, 0.25) is 0 Å². The molecule has 0 saturated heterocycles. The maximum Gasteiger partial charge on any atom is -0.0261 e. The zero-order chi connectivity index (χ0) is 12.6. The van der Waals surface area contributed by atoms with Crippen molar-refractivity contribution in [1.82, 2.24) is 0 Å². The first-order chi connectivity index (χ1) is 8.03. The molecule has 0 spiro atoms. The molecule has 2 saturated carbocycles. The van der Waals surface area contributed by atoms with E-state index >= 15 is 0 Å². The van der Waals surface area contributed by atoms with Gasteiger partial charge in [-0.15, -0.1) is 9.24 Å². The zero-order valence-electron chi connectivity index (χ0n) is 12.2. The second-order valence-electron chi connectivity index (χ2n) is 7.04. The molecule has 0 heterocycles. The number of fused-ring (bicyclic) bond motifs is 1. The fraction of sp³-hybridized carbons (Fsp3) is 1.00. The van der Waals surface area contributed by atoms with E-state index in [0.29, 0.717) is 5.41 Å². The molecule has 17 heavy (non-hydrogen) atoms. The largest absolute Gasteiger partial charge is 0.134 e. The van der Waals surface area contributed by atoms with Crippen LogP contribution < -0.4 is 0 Å². The van der Waals surface area contributed by atoms with Crippen LogP contribution in [0, 0.1) is 29.1 Å². The van der Waals surface area contributed by atoms with Crippen molar-refractivity contribution >= 4 is 9.24 Å². The molecule has 2 aliphatic rings. The fourth-order valence-corrected chi connectivity index (χ4v) is 5.36. The Morgan fingerprint density at radius 1 is 1.29 bits per heavy atom. The molecule has 1 heteroatoms. The summed E-state index contributed by atoms with van der Waals surface area (Å²) in [5.41, 5.74) is 1.53. The molecular formula is C16H31P. The smallest absolute Gasteiger partial charge is 0.0261 e. The summed E-state index contributed by atoms with van der Waals surface area (Å²) >= 11 is 0. The van der Waals surface area contributed by atoms with Gasteiger partial charge >= 0.3 is 0 Å². The van der Waals surface area contributed by atoms with E-state index < -0.39 is 0 Å². The van der Waals surface area contributed by atoms with Crippen molar-refractivity contribution in [2.45, 2.75) is 71.9 Å². The summed E-state index contributed by atoms with van der Waals surface area (Å²) in [7, 11) is 3.12. The molecule has 0 aromatic carbocycles. The van der Waals surface area contributed by atoms with Gasteiger partial charge in [-0.05, 0) is 54.0 Å². The van der Waals surface area contributed by atoms with E-state index in [-0.39, 0.29) is 0 Å². The molecule has 0 aliphatic heterocycles. The number of hydrogen-bond acceptors (Lipinski definition) is 0. The molecule has 0 aromatic heterocycles. The van der Waals surface area contributed by atoms with Crippen LogP contribution >= 0.6 is 9.24 Å². The molecule has 0 radical (unpaired) electrons. The second-order valence-corrected chi connectivity index (χ2v) is 7.99. The van der Waals surface area contributed by atoms with Gasteiger partial charge in [0.2, 0.25) is 0 Å². The summed E-state index contributed by atoms with van der Waals surface area (Å²) in [5.74, 6) is 4.09. The zero-order valence-corrected chi connectivity index (χ0v) is 13.4. The third kappa shape index (κ3) is 2.32. The molecular weight excluding hydrogens is 223 g/mol. The first kappa shape index (κ1) is 13.9. The Bertz CT molecular complexity index is 262. The van der Waals surface area contributed by atoms with Crippen molar-refractivity contribution < 1.29 is 0 Å². The lowest BCUT2D eigenvalue weighted by molar-refractivity contribution is -0.0955. The predicted molar refractivity (Wildman–Crippen MR) is 80.3 cm³/mol. The fourth-order valence-electron chi connectivity index (χ4n) is 4.88. The van der Waals surface area contributed by atoms with Crippen LogP contribution in [0.25, 0.3) is 0 Å². The Labute approximate surface area is 111 Å². The highest BCUT2D eigenvalue weighted by Crippen LogP contribution is 2.62. The van der Waals surface area contributed by atoms with E-state index in [9.17, 15) is 0 Å². The minimum atomic E-state index is 0.641. The lowest BCUT2D eigenvalue weighted by atomic mass is 9.47. The lowest BCUT2D eigenvalue weighted by Gasteiger charge is -2.58. The summed E-state index contributed by atoms with van der Waals surface area (Å²) < 4.78 is 0. The molecule has 100 valence electrons. The topological polar surface area (TPSA) is 0 Å². The van der Waals surface area contributed by atoms with Crippen LogP contribution in [0.15, 0.2) is 0 Å². The Balaban J connectivity index is 2.19. The van der Waals surface area contributed by atoms with Gasteiger partial charge in [-0.1, -0.05) is 47.0 Å². The lowest BCUT2D eigenvalue weighted by Crippen LogP contribution is -2.52. The molecule has 2 fully saturated rings. The SMILES string of the molecule is CCCC1C(C)C2CC(P)CCC(C)(CC)C12. The molecule has 0 aromatic rings. The van der Waals surface area contributed by atoms with Crippen LogP contribution in [-0.4, -0.2) is 5.66 Å². The van der Waals surface area contributed by atoms with E-state index in [1.807, 2.05) is 0 Å². The van der Waals surface area contributed by atoms with Crippen molar-refractivity contribution in [2.24, 2.45) is 29.1 Å². The molecule has 0 amide bonds. The molecule has 7 atom stereocenters. The number of hydrogen-bond donors (Lipinski definition) is 0. The van der Waals surface area contributed by atoms with Crippen LogP contribution in [0.3, 0.4) is 0 Å². The highest BCUT2D eigenvalue weighted by molar-refractivity contribution is 7.17. The Kier molecular flexibility index (Phi) is 4.24. The van der Waals surface area contributed by atoms with Gasteiger partial charge < -0.3 is 0 Å². The van der Waals surface area contributed by atoms with Crippen LogP contribution in [-0.2, 0) is 0 Å². The highest BCUT2D eigenvalue weighted by Gasteiger charge is 2.55. The molecule has 2 aliphatic carbocycles. The summed E-state index contributed by atoms with van der Waals surface area (Å²) in [6.45, 7) is 9.90. The minimum Gasteiger partial charge on any atom is -0.134 e. The van der Waals surface area contributed by atoms with E-state index in [1.54, 1.807) is 0 Å².